The molecule has 0 saturated carbocycles. The predicted octanol–water partition coefficient (Wildman–Crippen LogP) is 5.58. The van der Waals surface area contributed by atoms with Crippen molar-refractivity contribution >= 4 is 23.2 Å². The minimum atomic E-state index is -0.396. The van der Waals surface area contributed by atoms with E-state index in [1.807, 2.05) is 35.2 Å². The van der Waals surface area contributed by atoms with Crippen LogP contribution in [0, 0.1) is 11.7 Å². The summed E-state index contributed by atoms with van der Waals surface area (Å²) in [5.74, 6) is 0.371. The van der Waals surface area contributed by atoms with E-state index < -0.39 is 5.82 Å². The molecule has 0 radical (unpaired) electrons. The van der Waals surface area contributed by atoms with E-state index in [1.165, 1.54) is 29.1 Å². The predicted molar refractivity (Wildman–Crippen MR) is 136 cm³/mol. The highest BCUT2D eigenvalue weighted by atomic mass is 32.1. The summed E-state index contributed by atoms with van der Waals surface area (Å²) < 4.78 is 19.5. The fourth-order valence-corrected chi connectivity index (χ4v) is 5.19. The van der Waals surface area contributed by atoms with E-state index >= 15 is 0 Å². The molecular weight excluding hydrogens is 463 g/mol. The van der Waals surface area contributed by atoms with Gasteiger partial charge in [0.2, 0.25) is 5.91 Å². The van der Waals surface area contributed by atoms with Crippen LogP contribution in [0.2, 0.25) is 0 Å². The minimum Gasteiger partial charge on any atom is -0.491 e. The fourth-order valence-electron chi connectivity index (χ4n) is 4.26. The number of para-hydroxylation sites is 1. The molecule has 2 heterocycles. The zero-order valence-electron chi connectivity index (χ0n) is 20.2. The second-order valence-corrected chi connectivity index (χ2v) is 10.2. The van der Waals surface area contributed by atoms with Crippen LogP contribution in [0.25, 0.3) is 0 Å². The monoisotopic (exact) mass is 494 g/mol. The summed E-state index contributed by atoms with van der Waals surface area (Å²) in [5, 5.41) is 2.06. The summed E-state index contributed by atoms with van der Waals surface area (Å²) in [6.45, 7) is 5.53. The number of amides is 2. The molecule has 0 fully saturated rings. The highest BCUT2D eigenvalue weighted by molar-refractivity contribution is 7.10. The van der Waals surface area contributed by atoms with Crippen LogP contribution in [-0.2, 0) is 11.2 Å². The van der Waals surface area contributed by atoms with Crippen molar-refractivity contribution in [3.63, 3.8) is 0 Å². The van der Waals surface area contributed by atoms with Gasteiger partial charge in [-0.1, -0.05) is 32.0 Å². The largest absolute Gasteiger partial charge is 0.491 e. The Labute approximate surface area is 210 Å². The summed E-state index contributed by atoms with van der Waals surface area (Å²) >= 11 is 1.70. The first-order valence-electron chi connectivity index (χ1n) is 12.0. The number of ether oxygens (including phenoxy) is 1. The van der Waals surface area contributed by atoms with Crippen LogP contribution in [0.4, 0.5) is 4.39 Å². The molecule has 1 aliphatic rings. The summed E-state index contributed by atoms with van der Waals surface area (Å²) in [5.41, 5.74) is 1.50. The van der Waals surface area contributed by atoms with E-state index in [-0.39, 0.29) is 24.4 Å². The SMILES string of the molecule is CC(C)CCN(CC(=O)N1CCc2sccc2C1COc1ccccc1)C(=O)c1ccc(F)cc1. The summed E-state index contributed by atoms with van der Waals surface area (Å²) in [6.07, 6.45) is 1.56. The van der Waals surface area contributed by atoms with E-state index in [0.29, 0.717) is 31.2 Å². The Balaban J connectivity index is 1.52. The normalized spacial score (nSPS) is 15.1. The van der Waals surface area contributed by atoms with Crippen LogP contribution in [0.3, 0.4) is 0 Å². The maximum Gasteiger partial charge on any atom is 0.254 e. The highest BCUT2D eigenvalue weighted by Gasteiger charge is 2.33. The number of carbonyl (C=O) groups is 2. The van der Waals surface area contributed by atoms with Gasteiger partial charge in [0.15, 0.2) is 0 Å². The average molecular weight is 495 g/mol. The molecule has 0 saturated heterocycles. The molecule has 0 aliphatic carbocycles. The van der Waals surface area contributed by atoms with Crippen molar-refractivity contribution in [3.8, 4) is 5.75 Å². The quantitative estimate of drug-likeness (QED) is 0.390. The van der Waals surface area contributed by atoms with Crippen molar-refractivity contribution in [2.45, 2.75) is 32.7 Å². The lowest BCUT2D eigenvalue weighted by Gasteiger charge is -2.37. The molecular formula is C28H31FN2O3S. The first kappa shape index (κ1) is 24.9. The molecule has 2 aromatic carbocycles. The van der Waals surface area contributed by atoms with Gasteiger partial charge in [0.1, 0.15) is 24.7 Å². The molecule has 0 bridgehead atoms. The molecule has 7 heteroatoms. The van der Waals surface area contributed by atoms with Gasteiger partial charge >= 0.3 is 0 Å². The lowest BCUT2D eigenvalue weighted by Crippen LogP contribution is -2.48. The summed E-state index contributed by atoms with van der Waals surface area (Å²) in [4.78, 5) is 31.6. The lowest BCUT2D eigenvalue weighted by molar-refractivity contribution is -0.135. The number of rotatable bonds is 9. The second-order valence-electron chi connectivity index (χ2n) is 9.19. The van der Waals surface area contributed by atoms with Gasteiger partial charge in [0.05, 0.1) is 6.04 Å². The van der Waals surface area contributed by atoms with Crippen molar-refractivity contribution < 1.29 is 18.7 Å². The van der Waals surface area contributed by atoms with Crippen LogP contribution in [0.5, 0.6) is 5.75 Å². The number of benzene rings is 2. The third-order valence-electron chi connectivity index (χ3n) is 6.25. The van der Waals surface area contributed by atoms with E-state index in [2.05, 4.69) is 25.3 Å². The van der Waals surface area contributed by atoms with Crippen molar-refractivity contribution in [3.05, 3.63) is 87.9 Å². The molecule has 1 atom stereocenters. The minimum absolute atomic E-state index is 0.0236. The molecule has 4 rings (SSSR count). The number of fused-ring (bicyclic) bond motifs is 1. The van der Waals surface area contributed by atoms with Gasteiger partial charge in [-0.2, -0.15) is 0 Å². The van der Waals surface area contributed by atoms with E-state index in [9.17, 15) is 14.0 Å². The number of halogens is 1. The molecule has 35 heavy (non-hydrogen) atoms. The van der Waals surface area contributed by atoms with Gasteiger partial charge < -0.3 is 14.5 Å². The third kappa shape index (κ3) is 6.28. The van der Waals surface area contributed by atoms with Crippen LogP contribution >= 0.6 is 11.3 Å². The van der Waals surface area contributed by atoms with Gasteiger partial charge in [0, 0.05) is 23.5 Å². The summed E-state index contributed by atoms with van der Waals surface area (Å²) in [6, 6.07) is 16.9. The lowest BCUT2D eigenvalue weighted by atomic mass is 10.00. The Bertz CT molecular complexity index is 1130. The van der Waals surface area contributed by atoms with Gasteiger partial charge in [-0.05, 0) is 72.2 Å². The second kappa shape index (κ2) is 11.5. The van der Waals surface area contributed by atoms with Gasteiger partial charge in [-0.25, -0.2) is 4.39 Å². The van der Waals surface area contributed by atoms with Gasteiger partial charge in [0.25, 0.3) is 5.91 Å². The third-order valence-corrected chi connectivity index (χ3v) is 7.24. The molecule has 3 aromatic rings. The van der Waals surface area contributed by atoms with Crippen LogP contribution in [0.15, 0.2) is 66.0 Å². The Morgan fingerprint density at radius 1 is 1.11 bits per heavy atom. The topological polar surface area (TPSA) is 49.9 Å². The standard InChI is InChI=1S/C28H31FN2O3S/c1-20(2)12-15-30(28(33)21-8-10-22(29)11-9-21)18-27(32)31-16-13-26-24(14-17-35-26)25(31)19-34-23-6-4-3-5-7-23/h3-11,14,17,20,25H,12-13,15-16,18-19H2,1-2H3. The van der Waals surface area contributed by atoms with E-state index in [1.54, 1.807) is 16.2 Å². The number of hydrogen-bond acceptors (Lipinski definition) is 4. The van der Waals surface area contributed by atoms with Crippen LogP contribution < -0.4 is 4.74 Å². The van der Waals surface area contributed by atoms with Crippen molar-refractivity contribution in [2.75, 3.05) is 26.2 Å². The Hall–Kier alpha value is -3.19. The van der Waals surface area contributed by atoms with Crippen molar-refractivity contribution in [2.24, 2.45) is 5.92 Å². The first-order chi connectivity index (χ1) is 16.9. The number of hydrogen-bond donors (Lipinski definition) is 0. The Morgan fingerprint density at radius 3 is 2.57 bits per heavy atom. The van der Waals surface area contributed by atoms with Crippen molar-refractivity contribution in [1.29, 1.82) is 0 Å². The smallest absolute Gasteiger partial charge is 0.254 e. The zero-order chi connectivity index (χ0) is 24.8. The van der Waals surface area contributed by atoms with E-state index in [0.717, 1.165) is 24.2 Å². The van der Waals surface area contributed by atoms with E-state index in [4.69, 9.17) is 4.74 Å². The number of thiophene rings is 1. The van der Waals surface area contributed by atoms with Crippen LogP contribution in [-0.4, -0.2) is 47.9 Å². The maximum atomic E-state index is 13.6. The van der Waals surface area contributed by atoms with Gasteiger partial charge in [-0.15, -0.1) is 11.3 Å². The average Bonchev–Trinajstić information content (AvgIpc) is 3.34. The summed E-state index contributed by atoms with van der Waals surface area (Å²) in [7, 11) is 0. The molecule has 2 amide bonds. The maximum absolute atomic E-state index is 13.6. The molecule has 1 aromatic heterocycles. The zero-order valence-corrected chi connectivity index (χ0v) is 21.0. The number of carbonyl (C=O) groups excluding carboxylic acids is 2. The Kier molecular flexibility index (Phi) is 8.18. The first-order valence-corrected chi connectivity index (χ1v) is 12.9. The molecule has 1 unspecified atom stereocenters. The molecule has 0 N–H and O–H groups in total. The highest BCUT2D eigenvalue weighted by Crippen LogP contribution is 2.34. The molecule has 0 spiro atoms. The molecule has 5 nitrogen and oxygen atoms in total. The number of nitrogens with zero attached hydrogens (tertiary/aromatic N) is 2. The van der Waals surface area contributed by atoms with Crippen molar-refractivity contribution in [1.82, 2.24) is 9.80 Å². The fraction of sp³-hybridized carbons (Fsp3) is 0.357. The van der Waals surface area contributed by atoms with Gasteiger partial charge in [-0.3, -0.25) is 9.59 Å². The molecule has 184 valence electrons. The Morgan fingerprint density at radius 2 is 1.86 bits per heavy atom. The molecule has 1 aliphatic heterocycles. The van der Waals surface area contributed by atoms with Crippen LogP contribution in [0.1, 0.15) is 47.1 Å².